The highest BCUT2D eigenvalue weighted by atomic mass is 32.2. The lowest BCUT2D eigenvalue weighted by atomic mass is 10.1. The number of nitro groups is 1. The summed E-state index contributed by atoms with van der Waals surface area (Å²) >= 11 is 0. The minimum Gasteiger partial charge on any atom is -0.423 e. The Hall–Kier alpha value is -4.91. The molecule has 0 fully saturated rings. The van der Waals surface area contributed by atoms with Crippen LogP contribution in [0.4, 0.5) is 30.2 Å². The van der Waals surface area contributed by atoms with Crippen LogP contribution in [0.1, 0.15) is 21.5 Å². The maximum atomic E-state index is 12.8. The standard InChI is InChI=1S/C27H20F3N3O6S/c28-27(29,30)20-5-1-18(2-6-20)17-31-21-7-9-22(10-8-21)32-40(37,38)25-15-3-19(4-16-25)26(34)39-24-13-11-23(12-14-24)33(35)36/h1-16,31-32H,17H2. The van der Waals surface area contributed by atoms with Crippen LogP contribution in [-0.4, -0.2) is 19.3 Å². The van der Waals surface area contributed by atoms with Gasteiger partial charge in [-0.15, -0.1) is 0 Å². The molecule has 0 saturated heterocycles. The van der Waals surface area contributed by atoms with Gasteiger partial charge in [-0.1, -0.05) is 12.1 Å². The number of halogens is 3. The molecule has 0 spiro atoms. The molecule has 2 N–H and O–H groups in total. The van der Waals surface area contributed by atoms with Crippen molar-refractivity contribution in [1.29, 1.82) is 0 Å². The van der Waals surface area contributed by atoms with E-state index in [4.69, 9.17) is 4.74 Å². The summed E-state index contributed by atoms with van der Waals surface area (Å²) < 4.78 is 71.2. The summed E-state index contributed by atoms with van der Waals surface area (Å²) in [5.41, 5.74) is 0.703. The zero-order chi connectivity index (χ0) is 28.9. The highest BCUT2D eigenvalue weighted by Crippen LogP contribution is 2.29. The van der Waals surface area contributed by atoms with Crippen LogP contribution in [0.3, 0.4) is 0 Å². The van der Waals surface area contributed by atoms with Crippen LogP contribution in [0.2, 0.25) is 0 Å². The molecule has 0 aromatic heterocycles. The molecule has 9 nitrogen and oxygen atoms in total. The van der Waals surface area contributed by atoms with E-state index in [-0.39, 0.29) is 34.1 Å². The normalized spacial score (nSPS) is 11.5. The summed E-state index contributed by atoms with van der Waals surface area (Å²) in [5, 5.41) is 13.8. The third kappa shape index (κ3) is 7.14. The van der Waals surface area contributed by atoms with Crippen LogP contribution >= 0.6 is 0 Å². The van der Waals surface area contributed by atoms with Crippen molar-refractivity contribution in [1.82, 2.24) is 0 Å². The molecule has 0 aliphatic rings. The largest absolute Gasteiger partial charge is 0.423 e. The lowest BCUT2D eigenvalue weighted by Crippen LogP contribution is -2.14. The van der Waals surface area contributed by atoms with Gasteiger partial charge in [0.05, 0.1) is 20.9 Å². The topological polar surface area (TPSA) is 128 Å². The maximum absolute atomic E-state index is 12.8. The van der Waals surface area contributed by atoms with Crippen molar-refractivity contribution >= 4 is 33.1 Å². The number of hydrogen-bond donors (Lipinski definition) is 2. The van der Waals surface area contributed by atoms with E-state index in [0.717, 1.165) is 12.1 Å². The summed E-state index contributed by atoms with van der Waals surface area (Å²) in [6.45, 7) is 0.266. The number of non-ortho nitro benzene ring substituents is 1. The number of carbonyl (C=O) groups is 1. The number of nitrogens with one attached hydrogen (secondary N) is 2. The Morgan fingerprint density at radius 2 is 1.40 bits per heavy atom. The summed E-state index contributed by atoms with van der Waals surface area (Å²) in [7, 11) is -3.99. The second-order valence-electron chi connectivity index (χ2n) is 8.40. The first kappa shape index (κ1) is 28.1. The molecule has 4 aromatic carbocycles. The zero-order valence-electron chi connectivity index (χ0n) is 20.4. The maximum Gasteiger partial charge on any atom is 0.416 e. The van der Waals surface area contributed by atoms with E-state index >= 15 is 0 Å². The van der Waals surface area contributed by atoms with Crippen molar-refractivity contribution in [3.63, 3.8) is 0 Å². The van der Waals surface area contributed by atoms with E-state index in [1.54, 1.807) is 12.1 Å². The van der Waals surface area contributed by atoms with Crippen LogP contribution in [-0.2, 0) is 22.7 Å². The average Bonchev–Trinajstić information content (AvgIpc) is 2.92. The summed E-state index contributed by atoms with van der Waals surface area (Å²) in [6.07, 6.45) is -4.40. The molecule has 0 aliphatic heterocycles. The van der Waals surface area contributed by atoms with Gasteiger partial charge in [0, 0.05) is 30.1 Å². The highest BCUT2D eigenvalue weighted by Gasteiger charge is 2.29. The van der Waals surface area contributed by atoms with Crippen LogP contribution in [0.25, 0.3) is 0 Å². The lowest BCUT2D eigenvalue weighted by molar-refractivity contribution is -0.384. The highest BCUT2D eigenvalue weighted by molar-refractivity contribution is 7.92. The molecule has 0 amide bonds. The Balaban J connectivity index is 1.33. The molecule has 0 radical (unpaired) electrons. The van der Waals surface area contributed by atoms with E-state index in [9.17, 15) is 36.5 Å². The number of rotatable bonds is 9. The van der Waals surface area contributed by atoms with E-state index in [0.29, 0.717) is 11.3 Å². The Morgan fingerprint density at radius 3 is 1.95 bits per heavy atom. The summed E-state index contributed by atoms with van der Waals surface area (Å²) in [5.74, 6) is -0.684. The first-order valence-corrected chi connectivity index (χ1v) is 13.0. The fraction of sp³-hybridized carbons (Fsp3) is 0.0741. The molecule has 0 bridgehead atoms. The number of ether oxygens (including phenoxy) is 1. The van der Waals surface area contributed by atoms with Crippen LogP contribution in [0.5, 0.6) is 5.75 Å². The quantitative estimate of drug-likeness (QED) is 0.105. The van der Waals surface area contributed by atoms with E-state index < -0.39 is 32.7 Å². The number of anilines is 2. The van der Waals surface area contributed by atoms with Crippen LogP contribution in [0.15, 0.2) is 102 Å². The fourth-order valence-corrected chi connectivity index (χ4v) is 4.52. The number of benzene rings is 4. The average molecular weight is 572 g/mol. The Morgan fingerprint density at radius 1 is 0.825 bits per heavy atom. The SMILES string of the molecule is O=C(Oc1ccc([N+](=O)[O-])cc1)c1ccc(S(=O)(=O)Nc2ccc(NCc3ccc(C(F)(F)F)cc3)cc2)cc1. The van der Waals surface area contributed by atoms with Crippen molar-refractivity contribution in [3.05, 3.63) is 124 Å². The Kier molecular flexibility index (Phi) is 8.05. The van der Waals surface area contributed by atoms with Crippen molar-refractivity contribution in [2.75, 3.05) is 10.0 Å². The van der Waals surface area contributed by atoms with Gasteiger partial charge >= 0.3 is 12.1 Å². The monoisotopic (exact) mass is 571 g/mol. The van der Waals surface area contributed by atoms with Gasteiger partial charge in [-0.3, -0.25) is 14.8 Å². The molecule has 206 valence electrons. The molecular weight excluding hydrogens is 551 g/mol. The molecule has 13 heteroatoms. The summed E-state index contributed by atoms with van der Waals surface area (Å²) in [6, 6.07) is 20.9. The lowest BCUT2D eigenvalue weighted by Gasteiger charge is -2.11. The minimum absolute atomic E-state index is 0.0702. The number of carbonyl (C=O) groups excluding carboxylic acids is 1. The van der Waals surface area contributed by atoms with E-state index in [2.05, 4.69) is 10.0 Å². The van der Waals surface area contributed by atoms with Crippen molar-refractivity contribution < 1.29 is 36.0 Å². The van der Waals surface area contributed by atoms with Gasteiger partial charge in [0.2, 0.25) is 0 Å². The van der Waals surface area contributed by atoms with Gasteiger partial charge in [0.15, 0.2) is 0 Å². The molecule has 0 heterocycles. The van der Waals surface area contributed by atoms with Gasteiger partial charge in [0.1, 0.15) is 5.75 Å². The number of hydrogen-bond acceptors (Lipinski definition) is 7. The number of sulfonamides is 1. The van der Waals surface area contributed by atoms with Crippen molar-refractivity contribution in [2.45, 2.75) is 17.6 Å². The molecular formula is C27H20F3N3O6S. The van der Waals surface area contributed by atoms with Crippen molar-refractivity contribution in [3.8, 4) is 5.75 Å². The fourth-order valence-electron chi connectivity index (χ4n) is 3.46. The molecule has 0 unspecified atom stereocenters. The smallest absolute Gasteiger partial charge is 0.416 e. The molecule has 4 aromatic rings. The zero-order valence-corrected chi connectivity index (χ0v) is 21.2. The summed E-state index contributed by atoms with van der Waals surface area (Å²) in [4.78, 5) is 22.4. The van der Waals surface area contributed by atoms with Gasteiger partial charge < -0.3 is 10.1 Å². The van der Waals surface area contributed by atoms with E-state index in [1.807, 2.05) is 0 Å². The third-order valence-electron chi connectivity index (χ3n) is 5.57. The van der Waals surface area contributed by atoms with Crippen molar-refractivity contribution in [2.24, 2.45) is 0 Å². The second-order valence-corrected chi connectivity index (χ2v) is 10.1. The van der Waals surface area contributed by atoms with Crippen LogP contribution in [0, 0.1) is 10.1 Å². The molecule has 0 aliphatic carbocycles. The second kappa shape index (κ2) is 11.5. The van der Waals surface area contributed by atoms with Gasteiger partial charge in [-0.05, 0) is 78.4 Å². The van der Waals surface area contributed by atoms with Gasteiger partial charge in [-0.25, -0.2) is 13.2 Å². The first-order chi connectivity index (χ1) is 18.9. The molecule has 0 atom stereocenters. The third-order valence-corrected chi connectivity index (χ3v) is 6.97. The van der Waals surface area contributed by atoms with Gasteiger partial charge in [-0.2, -0.15) is 13.2 Å². The molecule has 0 saturated carbocycles. The first-order valence-electron chi connectivity index (χ1n) is 11.5. The number of esters is 1. The predicted octanol–water partition coefficient (Wildman–Crippen LogP) is 6.25. The predicted molar refractivity (Wildman–Crippen MR) is 141 cm³/mol. The Labute approximate surface area is 226 Å². The van der Waals surface area contributed by atoms with Crippen LogP contribution < -0.4 is 14.8 Å². The number of alkyl halides is 3. The Bertz CT molecular complexity index is 1610. The molecule has 40 heavy (non-hydrogen) atoms. The molecule has 4 rings (SSSR count). The van der Waals surface area contributed by atoms with E-state index in [1.165, 1.54) is 72.8 Å². The number of nitro benzene ring substituents is 1. The van der Waals surface area contributed by atoms with Gasteiger partial charge in [0.25, 0.3) is 15.7 Å². The number of nitrogens with zero attached hydrogens (tertiary/aromatic N) is 1. The minimum atomic E-state index is -4.40.